The van der Waals surface area contributed by atoms with Crippen LogP contribution in [-0.4, -0.2) is 16.0 Å². The van der Waals surface area contributed by atoms with E-state index in [4.69, 9.17) is 4.74 Å². The van der Waals surface area contributed by atoms with Gasteiger partial charge in [-0.25, -0.2) is 4.98 Å². The summed E-state index contributed by atoms with van der Waals surface area (Å²) in [6.07, 6.45) is 5.76. The molecule has 2 aromatic rings. The van der Waals surface area contributed by atoms with Crippen molar-refractivity contribution < 1.29 is 4.74 Å². The Labute approximate surface area is 76.0 Å². The minimum Gasteiger partial charge on any atom is -0.365 e. The maximum Gasteiger partial charge on any atom is 0.137 e. The number of imidazole rings is 1. The standard InChI is InChI=1S/C10H10N2O/c1-10(7-13-10)8-2-4-12-5-3-11-9(12)6-8/h2-6H,7H2,1H3. The highest BCUT2D eigenvalue weighted by Crippen LogP contribution is 2.37. The molecule has 1 aliphatic heterocycles. The quantitative estimate of drug-likeness (QED) is 0.614. The third-order valence-corrected chi connectivity index (χ3v) is 2.59. The highest BCUT2D eigenvalue weighted by molar-refractivity contribution is 5.43. The van der Waals surface area contributed by atoms with E-state index in [0.717, 1.165) is 12.3 Å². The summed E-state index contributed by atoms with van der Waals surface area (Å²) in [6.45, 7) is 2.92. The van der Waals surface area contributed by atoms with Crippen LogP contribution >= 0.6 is 0 Å². The maximum absolute atomic E-state index is 5.37. The summed E-state index contributed by atoms with van der Waals surface area (Å²) in [7, 11) is 0. The molecule has 3 heteroatoms. The number of fused-ring (bicyclic) bond motifs is 1. The van der Waals surface area contributed by atoms with Crippen LogP contribution in [0, 0.1) is 0 Å². The molecule has 0 bridgehead atoms. The van der Waals surface area contributed by atoms with Crippen LogP contribution in [0.15, 0.2) is 30.7 Å². The molecule has 1 saturated heterocycles. The zero-order valence-corrected chi connectivity index (χ0v) is 7.40. The fourth-order valence-corrected chi connectivity index (χ4v) is 1.51. The fourth-order valence-electron chi connectivity index (χ4n) is 1.51. The third kappa shape index (κ3) is 0.971. The highest BCUT2D eigenvalue weighted by Gasteiger charge is 2.41. The van der Waals surface area contributed by atoms with Crippen LogP contribution in [0.2, 0.25) is 0 Å². The average Bonchev–Trinajstić information content (AvgIpc) is 2.74. The number of hydrogen-bond donors (Lipinski definition) is 0. The monoisotopic (exact) mass is 174 g/mol. The molecule has 1 unspecified atom stereocenters. The van der Waals surface area contributed by atoms with Crippen LogP contribution in [0.4, 0.5) is 0 Å². The van der Waals surface area contributed by atoms with Crippen molar-refractivity contribution >= 4 is 5.65 Å². The van der Waals surface area contributed by atoms with Crippen molar-refractivity contribution in [2.75, 3.05) is 6.61 Å². The Morgan fingerprint density at radius 3 is 3.15 bits per heavy atom. The molecule has 1 aliphatic rings. The molecule has 13 heavy (non-hydrogen) atoms. The Balaban J connectivity index is 2.20. The summed E-state index contributed by atoms with van der Waals surface area (Å²) >= 11 is 0. The van der Waals surface area contributed by atoms with E-state index in [2.05, 4.69) is 24.0 Å². The van der Waals surface area contributed by atoms with Gasteiger partial charge in [-0.1, -0.05) is 0 Å². The van der Waals surface area contributed by atoms with E-state index in [9.17, 15) is 0 Å². The average molecular weight is 174 g/mol. The number of ether oxygens (including phenoxy) is 1. The molecule has 0 radical (unpaired) electrons. The molecule has 1 fully saturated rings. The van der Waals surface area contributed by atoms with Gasteiger partial charge in [0.25, 0.3) is 0 Å². The lowest BCUT2D eigenvalue weighted by molar-refractivity contribution is 0.329. The molecular weight excluding hydrogens is 164 g/mol. The van der Waals surface area contributed by atoms with Crippen LogP contribution in [0.3, 0.4) is 0 Å². The van der Waals surface area contributed by atoms with Gasteiger partial charge in [-0.15, -0.1) is 0 Å². The molecule has 0 N–H and O–H groups in total. The molecule has 3 heterocycles. The van der Waals surface area contributed by atoms with Crippen molar-refractivity contribution in [2.45, 2.75) is 12.5 Å². The van der Waals surface area contributed by atoms with Crippen molar-refractivity contribution in [1.82, 2.24) is 9.38 Å². The smallest absolute Gasteiger partial charge is 0.137 e. The third-order valence-electron chi connectivity index (χ3n) is 2.59. The van der Waals surface area contributed by atoms with Crippen molar-refractivity contribution in [1.29, 1.82) is 0 Å². The molecule has 2 aromatic heterocycles. The van der Waals surface area contributed by atoms with E-state index in [1.165, 1.54) is 5.56 Å². The van der Waals surface area contributed by atoms with E-state index in [1.54, 1.807) is 6.20 Å². The summed E-state index contributed by atoms with van der Waals surface area (Å²) < 4.78 is 7.37. The first-order valence-corrected chi connectivity index (χ1v) is 4.35. The second-order valence-electron chi connectivity index (χ2n) is 3.63. The lowest BCUT2D eigenvalue weighted by Crippen LogP contribution is -2.02. The first kappa shape index (κ1) is 7.09. The number of aromatic nitrogens is 2. The Morgan fingerprint density at radius 1 is 1.54 bits per heavy atom. The van der Waals surface area contributed by atoms with Crippen molar-refractivity contribution in [3.8, 4) is 0 Å². The highest BCUT2D eigenvalue weighted by atomic mass is 16.6. The van der Waals surface area contributed by atoms with E-state index in [0.29, 0.717) is 0 Å². The second-order valence-corrected chi connectivity index (χ2v) is 3.63. The first-order chi connectivity index (χ1) is 6.28. The van der Waals surface area contributed by atoms with Crippen molar-refractivity contribution in [3.05, 3.63) is 36.3 Å². The Morgan fingerprint density at radius 2 is 2.38 bits per heavy atom. The van der Waals surface area contributed by atoms with Gasteiger partial charge in [-0.3, -0.25) is 0 Å². The minimum atomic E-state index is -0.0479. The topological polar surface area (TPSA) is 29.8 Å². The van der Waals surface area contributed by atoms with Gasteiger partial charge in [-0.05, 0) is 24.6 Å². The Hall–Kier alpha value is -1.35. The molecule has 1 atom stereocenters. The van der Waals surface area contributed by atoms with Gasteiger partial charge in [0.15, 0.2) is 0 Å². The SMILES string of the molecule is CC1(c2ccn3ccnc3c2)CO1. The zero-order valence-electron chi connectivity index (χ0n) is 7.40. The largest absolute Gasteiger partial charge is 0.365 e. The number of pyridine rings is 1. The summed E-state index contributed by atoms with van der Waals surface area (Å²) in [5.41, 5.74) is 2.15. The van der Waals surface area contributed by atoms with Gasteiger partial charge >= 0.3 is 0 Å². The molecule has 3 nitrogen and oxygen atoms in total. The normalized spacial score (nSPS) is 26.5. The molecule has 0 amide bonds. The van der Waals surface area contributed by atoms with Crippen LogP contribution in [0.1, 0.15) is 12.5 Å². The van der Waals surface area contributed by atoms with Crippen LogP contribution in [0.5, 0.6) is 0 Å². The fraction of sp³-hybridized carbons (Fsp3) is 0.300. The molecule has 0 aromatic carbocycles. The lowest BCUT2D eigenvalue weighted by atomic mass is 10.0. The molecule has 0 saturated carbocycles. The van der Waals surface area contributed by atoms with Crippen LogP contribution < -0.4 is 0 Å². The Kier molecular flexibility index (Phi) is 1.15. The predicted molar refractivity (Wildman–Crippen MR) is 48.5 cm³/mol. The summed E-state index contributed by atoms with van der Waals surface area (Å²) in [6, 6.07) is 4.16. The molecular formula is C10H10N2O. The lowest BCUT2D eigenvalue weighted by Gasteiger charge is -2.04. The zero-order chi connectivity index (χ0) is 8.89. The van der Waals surface area contributed by atoms with Crippen LogP contribution in [-0.2, 0) is 10.3 Å². The molecule has 66 valence electrons. The van der Waals surface area contributed by atoms with E-state index < -0.39 is 0 Å². The summed E-state index contributed by atoms with van der Waals surface area (Å²) in [5, 5.41) is 0. The number of nitrogens with zero attached hydrogens (tertiary/aromatic N) is 2. The summed E-state index contributed by atoms with van der Waals surface area (Å²) in [5.74, 6) is 0. The van der Waals surface area contributed by atoms with Gasteiger partial charge in [0.05, 0.1) is 6.61 Å². The van der Waals surface area contributed by atoms with Crippen LogP contribution in [0.25, 0.3) is 5.65 Å². The second kappa shape index (κ2) is 2.12. The van der Waals surface area contributed by atoms with Gasteiger partial charge in [-0.2, -0.15) is 0 Å². The van der Waals surface area contributed by atoms with E-state index in [1.807, 2.05) is 16.8 Å². The van der Waals surface area contributed by atoms with E-state index in [-0.39, 0.29) is 5.60 Å². The van der Waals surface area contributed by atoms with E-state index >= 15 is 0 Å². The molecule has 3 rings (SSSR count). The Bertz CT molecular complexity index is 457. The summed E-state index contributed by atoms with van der Waals surface area (Å²) in [4.78, 5) is 4.23. The number of epoxide rings is 1. The predicted octanol–water partition coefficient (Wildman–Crippen LogP) is 1.58. The molecule has 0 spiro atoms. The van der Waals surface area contributed by atoms with Crippen molar-refractivity contribution in [2.24, 2.45) is 0 Å². The van der Waals surface area contributed by atoms with Gasteiger partial charge < -0.3 is 9.14 Å². The number of rotatable bonds is 1. The van der Waals surface area contributed by atoms with Crippen molar-refractivity contribution in [3.63, 3.8) is 0 Å². The minimum absolute atomic E-state index is 0.0479. The van der Waals surface area contributed by atoms with Gasteiger partial charge in [0.1, 0.15) is 11.2 Å². The van der Waals surface area contributed by atoms with Gasteiger partial charge in [0, 0.05) is 18.6 Å². The first-order valence-electron chi connectivity index (χ1n) is 4.35. The molecule has 0 aliphatic carbocycles. The number of hydrogen-bond acceptors (Lipinski definition) is 2. The van der Waals surface area contributed by atoms with Gasteiger partial charge in [0.2, 0.25) is 0 Å². The maximum atomic E-state index is 5.37.